The van der Waals surface area contributed by atoms with Gasteiger partial charge in [0.2, 0.25) is 5.91 Å². The Morgan fingerprint density at radius 2 is 1.82 bits per heavy atom. The molecule has 1 amide bonds. The van der Waals surface area contributed by atoms with Crippen molar-refractivity contribution in [1.29, 1.82) is 0 Å². The van der Waals surface area contributed by atoms with Gasteiger partial charge in [-0.05, 0) is 44.1 Å². The summed E-state index contributed by atoms with van der Waals surface area (Å²) in [5.74, 6) is 0.297. The predicted molar refractivity (Wildman–Crippen MR) is 69.9 cm³/mol. The van der Waals surface area contributed by atoms with Gasteiger partial charge in [-0.25, -0.2) is 0 Å². The smallest absolute Gasteiger partial charge is 0.236 e. The Kier molecular flexibility index (Phi) is 4.43. The van der Waals surface area contributed by atoms with E-state index in [2.05, 4.69) is 17.1 Å². The molecule has 0 bridgehead atoms. The average Bonchev–Trinajstić information content (AvgIpc) is 2.79. The molecule has 1 heterocycles. The summed E-state index contributed by atoms with van der Waals surface area (Å²) < 4.78 is 0. The van der Waals surface area contributed by atoms with Crippen molar-refractivity contribution in [3.05, 3.63) is 0 Å². The van der Waals surface area contributed by atoms with E-state index < -0.39 is 0 Å². The summed E-state index contributed by atoms with van der Waals surface area (Å²) in [5.41, 5.74) is 0.619. The van der Waals surface area contributed by atoms with Gasteiger partial charge < -0.3 is 10.2 Å². The third-order valence-corrected chi connectivity index (χ3v) is 4.54. The SMILES string of the molecule is CCCNCC(=O)N1CCC2(CCCC2)CC1. The first-order valence-corrected chi connectivity index (χ1v) is 7.24. The number of carbonyl (C=O) groups is 1. The lowest BCUT2D eigenvalue weighted by Gasteiger charge is -2.39. The van der Waals surface area contributed by atoms with Crippen molar-refractivity contribution in [3.63, 3.8) is 0 Å². The van der Waals surface area contributed by atoms with Crippen LogP contribution in [-0.4, -0.2) is 37.0 Å². The summed E-state index contributed by atoms with van der Waals surface area (Å²) in [6.07, 6.45) is 9.21. The predicted octanol–water partition coefficient (Wildman–Crippen LogP) is 2.17. The summed E-state index contributed by atoms with van der Waals surface area (Å²) in [6, 6.07) is 0. The molecule has 2 aliphatic rings. The normalized spacial score (nSPS) is 23.2. The molecule has 1 saturated heterocycles. The van der Waals surface area contributed by atoms with E-state index in [1.54, 1.807) is 0 Å². The van der Waals surface area contributed by atoms with E-state index in [0.717, 1.165) is 26.1 Å². The van der Waals surface area contributed by atoms with Crippen molar-refractivity contribution >= 4 is 5.91 Å². The number of hydrogen-bond donors (Lipinski definition) is 1. The Hall–Kier alpha value is -0.570. The maximum Gasteiger partial charge on any atom is 0.236 e. The molecular weight excluding hydrogens is 212 g/mol. The molecule has 2 rings (SSSR count). The zero-order chi connectivity index (χ0) is 12.1. The maximum absolute atomic E-state index is 11.9. The van der Waals surface area contributed by atoms with E-state index in [1.807, 2.05) is 0 Å². The molecule has 17 heavy (non-hydrogen) atoms. The molecule has 1 aliphatic carbocycles. The highest BCUT2D eigenvalue weighted by atomic mass is 16.2. The highest BCUT2D eigenvalue weighted by Crippen LogP contribution is 2.45. The van der Waals surface area contributed by atoms with Crippen LogP contribution < -0.4 is 5.32 Å². The topological polar surface area (TPSA) is 32.3 Å². The molecule has 3 heteroatoms. The van der Waals surface area contributed by atoms with E-state index in [1.165, 1.54) is 38.5 Å². The average molecular weight is 238 g/mol. The number of piperidine rings is 1. The van der Waals surface area contributed by atoms with E-state index in [0.29, 0.717) is 17.9 Å². The molecule has 0 aromatic heterocycles. The molecule has 1 aliphatic heterocycles. The van der Waals surface area contributed by atoms with Crippen LogP contribution in [0.3, 0.4) is 0 Å². The van der Waals surface area contributed by atoms with Gasteiger partial charge in [-0.1, -0.05) is 19.8 Å². The quantitative estimate of drug-likeness (QED) is 0.761. The highest BCUT2D eigenvalue weighted by molar-refractivity contribution is 5.78. The monoisotopic (exact) mass is 238 g/mol. The zero-order valence-electron chi connectivity index (χ0n) is 11.1. The second-order valence-corrected chi connectivity index (χ2v) is 5.76. The minimum absolute atomic E-state index is 0.297. The molecule has 98 valence electrons. The van der Waals surface area contributed by atoms with Gasteiger partial charge in [-0.15, -0.1) is 0 Å². The Morgan fingerprint density at radius 3 is 2.41 bits per heavy atom. The molecular formula is C14H26N2O. The standard InChI is InChI=1S/C14H26N2O/c1-2-9-15-12-13(17)16-10-7-14(8-11-16)5-3-4-6-14/h15H,2-12H2,1H3. The lowest BCUT2D eigenvalue weighted by atomic mass is 9.77. The minimum Gasteiger partial charge on any atom is -0.342 e. The fourth-order valence-electron chi connectivity index (χ4n) is 3.34. The number of amides is 1. The van der Waals surface area contributed by atoms with E-state index in [-0.39, 0.29) is 0 Å². The summed E-state index contributed by atoms with van der Waals surface area (Å²) in [5, 5.41) is 3.20. The van der Waals surface area contributed by atoms with Crippen LogP contribution in [0, 0.1) is 5.41 Å². The molecule has 1 saturated carbocycles. The minimum atomic E-state index is 0.297. The summed E-state index contributed by atoms with van der Waals surface area (Å²) in [4.78, 5) is 14.0. The Bertz CT molecular complexity index is 249. The second-order valence-electron chi connectivity index (χ2n) is 5.76. The van der Waals surface area contributed by atoms with Crippen molar-refractivity contribution < 1.29 is 4.79 Å². The highest BCUT2D eigenvalue weighted by Gasteiger charge is 2.37. The first-order chi connectivity index (χ1) is 8.26. The number of nitrogens with zero attached hydrogens (tertiary/aromatic N) is 1. The molecule has 0 atom stereocenters. The maximum atomic E-state index is 11.9. The number of likely N-dealkylation sites (tertiary alicyclic amines) is 1. The van der Waals surface area contributed by atoms with Crippen molar-refractivity contribution in [2.24, 2.45) is 5.41 Å². The van der Waals surface area contributed by atoms with Crippen LogP contribution in [0.2, 0.25) is 0 Å². The van der Waals surface area contributed by atoms with Gasteiger partial charge in [0.15, 0.2) is 0 Å². The fraction of sp³-hybridized carbons (Fsp3) is 0.929. The molecule has 0 unspecified atom stereocenters. The lowest BCUT2D eigenvalue weighted by molar-refractivity contribution is -0.132. The van der Waals surface area contributed by atoms with Crippen LogP contribution in [0.4, 0.5) is 0 Å². The van der Waals surface area contributed by atoms with E-state index in [4.69, 9.17) is 0 Å². The third kappa shape index (κ3) is 3.21. The van der Waals surface area contributed by atoms with Crippen LogP contribution in [0.5, 0.6) is 0 Å². The lowest BCUT2D eigenvalue weighted by Crippen LogP contribution is -2.45. The van der Waals surface area contributed by atoms with Gasteiger partial charge >= 0.3 is 0 Å². The Morgan fingerprint density at radius 1 is 1.18 bits per heavy atom. The summed E-state index contributed by atoms with van der Waals surface area (Å²) in [6.45, 7) is 5.59. The van der Waals surface area contributed by atoms with Gasteiger partial charge in [0.25, 0.3) is 0 Å². The van der Waals surface area contributed by atoms with Crippen molar-refractivity contribution in [1.82, 2.24) is 10.2 Å². The Labute approximate surface area is 105 Å². The number of hydrogen-bond acceptors (Lipinski definition) is 2. The van der Waals surface area contributed by atoms with Crippen molar-refractivity contribution in [2.75, 3.05) is 26.2 Å². The molecule has 0 radical (unpaired) electrons. The molecule has 1 spiro atoms. The number of rotatable bonds is 4. The van der Waals surface area contributed by atoms with Crippen LogP contribution in [-0.2, 0) is 4.79 Å². The largest absolute Gasteiger partial charge is 0.342 e. The third-order valence-electron chi connectivity index (χ3n) is 4.54. The van der Waals surface area contributed by atoms with Gasteiger partial charge in [-0.3, -0.25) is 4.79 Å². The van der Waals surface area contributed by atoms with Crippen molar-refractivity contribution in [3.8, 4) is 0 Å². The van der Waals surface area contributed by atoms with Crippen LogP contribution >= 0.6 is 0 Å². The number of nitrogens with one attached hydrogen (secondary N) is 1. The molecule has 1 N–H and O–H groups in total. The molecule has 0 aromatic rings. The molecule has 2 fully saturated rings. The second kappa shape index (κ2) is 5.85. The first kappa shape index (κ1) is 12.9. The number of carbonyl (C=O) groups excluding carboxylic acids is 1. The van der Waals surface area contributed by atoms with Crippen LogP contribution in [0.25, 0.3) is 0 Å². The fourth-order valence-corrected chi connectivity index (χ4v) is 3.34. The first-order valence-electron chi connectivity index (χ1n) is 7.24. The van der Waals surface area contributed by atoms with Gasteiger partial charge in [0.1, 0.15) is 0 Å². The summed E-state index contributed by atoms with van der Waals surface area (Å²) in [7, 11) is 0. The van der Waals surface area contributed by atoms with Gasteiger partial charge in [0.05, 0.1) is 6.54 Å². The molecule has 0 aromatic carbocycles. The van der Waals surface area contributed by atoms with Crippen LogP contribution in [0.15, 0.2) is 0 Å². The van der Waals surface area contributed by atoms with Gasteiger partial charge in [0, 0.05) is 13.1 Å². The van der Waals surface area contributed by atoms with E-state index >= 15 is 0 Å². The van der Waals surface area contributed by atoms with Gasteiger partial charge in [-0.2, -0.15) is 0 Å². The Balaban J connectivity index is 1.72. The van der Waals surface area contributed by atoms with Crippen LogP contribution in [0.1, 0.15) is 51.9 Å². The van der Waals surface area contributed by atoms with E-state index in [9.17, 15) is 4.79 Å². The van der Waals surface area contributed by atoms with Crippen molar-refractivity contribution in [2.45, 2.75) is 51.9 Å². The summed E-state index contributed by atoms with van der Waals surface area (Å²) >= 11 is 0. The zero-order valence-corrected chi connectivity index (χ0v) is 11.1. The molecule has 3 nitrogen and oxygen atoms in total.